The maximum atomic E-state index is 2.18. The van der Waals surface area contributed by atoms with Crippen LogP contribution in [0.5, 0.6) is 0 Å². The van der Waals surface area contributed by atoms with Crippen molar-refractivity contribution in [3.8, 4) is 0 Å². The summed E-state index contributed by atoms with van der Waals surface area (Å²) in [4.78, 5) is 0. The molecule has 0 radical (unpaired) electrons. The molecule has 0 saturated heterocycles. The van der Waals surface area contributed by atoms with E-state index in [0.717, 1.165) is 0 Å². The van der Waals surface area contributed by atoms with E-state index in [1.165, 1.54) is 22.3 Å². The molecule has 0 heterocycles. The Morgan fingerprint density at radius 3 is 1.33 bits per heavy atom. The smallest absolute Gasteiger partial charge is 0.0392 e. The van der Waals surface area contributed by atoms with Crippen molar-refractivity contribution in [3.05, 3.63) is 46.6 Å². The van der Waals surface area contributed by atoms with Crippen molar-refractivity contribution < 1.29 is 0 Å². The van der Waals surface area contributed by atoms with Gasteiger partial charge in [0.25, 0.3) is 0 Å². The van der Waals surface area contributed by atoms with Crippen molar-refractivity contribution in [2.24, 2.45) is 0 Å². The summed E-state index contributed by atoms with van der Waals surface area (Å²) in [5, 5.41) is 0. The third-order valence-electron chi connectivity index (χ3n) is 2.55. The molecular weight excluding hydrogens is 144 g/mol. The van der Waals surface area contributed by atoms with Gasteiger partial charge in [0.15, 0.2) is 0 Å². The highest BCUT2D eigenvalue weighted by Crippen LogP contribution is 2.20. The second kappa shape index (κ2) is 3.57. The first-order valence-corrected chi connectivity index (χ1v) is 4.33. The molecule has 1 rings (SSSR count). The summed E-state index contributed by atoms with van der Waals surface area (Å²) >= 11 is 0. The van der Waals surface area contributed by atoms with Gasteiger partial charge in [-0.2, -0.15) is 0 Å². The van der Waals surface area contributed by atoms with Gasteiger partial charge in [0.2, 0.25) is 0 Å². The molecule has 12 heavy (non-hydrogen) atoms. The van der Waals surface area contributed by atoms with Gasteiger partial charge in [-0.15, -0.1) is 0 Å². The molecule has 0 N–H and O–H groups in total. The molecule has 0 heteroatoms. The molecular formula is C12H16. The van der Waals surface area contributed by atoms with Gasteiger partial charge in [-0.05, 0) is 50.0 Å². The third-order valence-corrected chi connectivity index (χ3v) is 2.55. The lowest BCUT2D eigenvalue weighted by atomic mass is 9.97. The van der Waals surface area contributed by atoms with Crippen molar-refractivity contribution in [1.29, 1.82) is 0 Å². The highest BCUT2D eigenvalue weighted by Gasteiger charge is 2.00. The molecule has 0 nitrogen and oxygen atoms in total. The van der Waals surface area contributed by atoms with Gasteiger partial charge in [-0.25, -0.2) is 0 Å². The van der Waals surface area contributed by atoms with E-state index in [9.17, 15) is 0 Å². The Morgan fingerprint density at radius 2 is 1.00 bits per heavy atom. The van der Waals surface area contributed by atoms with E-state index in [2.05, 4.69) is 52.0 Å². The largest absolute Gasteiger partial charge is 0.0620 e. The quantitative estimate of drug-likeness (QED) is 0.506. The van der Waals surface area contributed by atoms with Gasteiger partial charge >= 0.3 is 0 Å². The van der Waals surface area contributed by atoms with E-state index in [-0.39, 0.29) is 0 Å². The molecule has 0 aliphatic heterocycles. The number of hydrogen-bond acceptors (Lipinski definition) is 0. The van der Waals surface area contributed by atoms with Crippen LogP contribution in [-0.2, 0) is 0 Å². The van der Waals surface area contributed by atoms with Gasteiger partial charge in [0, 0.05) is 0 Å². The molecule has 0 spiro atoms. The summed E-state index contributed by atoms with van der Waals surface area (Å²) in [5.74, 6) is 0. The van der Waals surface area contributed by atoms with Crippen molar-refractivity contribution in [3.63, 3.8) is 0 Å². The van der Waals surface area contributed by atoms with Crippen LogP contribution in [-0.4, -0.2) is 0 Å². The first kappa shape index (κ1) is 9.05. The summed E-state index contributed by atoms with van der Waals surface area (Å²) < 4.78 is 0. The van der Waals surface area contributed by atoms with E-state index in [1.54, 1.807) is 0 Å². The van der Waals surface area contributed by atoms with E-state index in [4.69, 9.17) is 0 Å². The van der Waals surface area contributed by atoms with Crippen LogP contribution in [0.15, 0.2) is 46.6 Å². The van der Waals surface area contributed by atoms with Crippen LogP contribution in [0, 0.1) is 0 Å². The first-order chi connectivity index (χ1) is 5.63. The Labute approximate surface area is 75.0 Å². The Bertz CT molecular complexity index is 264. The van der Waals surface area contributed by atoms with Gasteiger partial charge < -0.3 is 0 Å². The lowest BCUT2D eigenvalue weighted by Crippen LogP contribution is -1.89. The minimum absolute atomic E-state index is 1.36. The van der Waals surface area contributed by atoms with Crippen LogP contribution in [0.1, 0.15) is 27.7 Å². The standard InChI is InChI=1S/C12H16/c1-9-7-5-6-8-10(2)12(4)11(9)3/h5-8H,1-4H3/b6-5?,7-5-,8-6?,9-7?,10-8?,11-9-,12-10?,12-11?. The fourth-order valence-electron chi connectivity index (χ4n) is 1.24. The van der Waals surface area contributed by atoms with E-state index in [1.807, 2.05) is 0 Å². The van der Waals surface area contributed by atoms with Crippen LogP contribution in [0.2, 0.25) is 0 Å². The predicted molar refractivity (Wildman–Crippen MR) is 55.0 cm³/mol. The Balaban J connectivity index is 3.21. The van der Waals surface area contributed by atoms with Crippen LogP contribution in [0.4, 0.5) is 0 Å². The summed E-state index contributed by atoms with van der Waals surface area (Å²) in [7, 11) is 0. The molecule has 0 aromatic carbocycles. The zero-order chi connectivity index (χ0) is 9.14. The topological polar surface area (TPSA) is 0 Å². The van der Waals surface area contributed by atoms with Crippen LogP contribution in [0.3, 0.4) is 0 Å². The molecule has 0 amide bonds. The molecule has 0 unspecified atom stereocenters. The van der Waals surface area contributed by atoms with Gasteiger partial charge in [0.1, 0.15) is 0 Å². The maximum absolute atomic E-state index is 2.18. The van der Waals surface area contributed by atoms with Crippen LogP contribution < -0.4 is 0 Å². The number of rotatable bonds is 0. The Hall–Kier alpha value is -1.04. The van der Waals surface area contributed by atoms with Crippen LogP contribution in [0.25, 0.3) is 0 Å². The lowest BCUT2D eigenvalue weighted by molar-refractivity contribution is 1.22. The summed E-state index contributed by atoms with van der Waals surface area (Å²) in [6.45, 7) is 8.67. The Kier molecular flexibility index (Phi) is 2.69. The minimum atomic E-state index is 1.36. The molecule has 64 valence electrons. The molecule has 0 fully saturated rings. The fourth-order valence-corrected chi connectivity index (χ4v) is 1.24. The normalized spacial score (nSPS) is 27.0. The van der Waals surface area contributed by atoms with E-state index in [0.29, 0.717) is 0 Å². The summed E-state index contributed by atoms with van der Waals surface area (Å²) in [6, 6.07) is 0. The zero-order valence-electron chi connectivity index (χ0n) is 8.31. The van der Waals surface area contributed by atoms with Gasteiger partial charge in [-0.1, -0.05) is 24.3 Å². The Morgan fingerprint density at radius 1 is 0.667 bits per heavy atom. The van der Waals surface area contributed by atoms with Crippen molar-refractivity contribution >= 4 is 0 Å². The molecule has 0 bridgehead atoms. The monoisotopic (exact) mass is 160 g/mol. The molecule has 0 aromatic heterocycles. The average Bonchev–Trinajstić information content (AvgIpc) is 2.07. The molecule has 0 atom stereocenters. The second-order valence-electron chi connectivity index (χ2n) is 3.33. The van der Waals surface area contributed by atoms with E-state index >= 15 is 0 Å². The van der Waals surface area contributed by atoms with Gasteiger partial charge in [0.05, 0.1) is 0 Å². The molecule has 1 aliphatic carbocycles. The molecule has 0 aromatic rings. The fraction of sp³-hybridized carbons (Fsp3) is 0.333. The molecule has 0 saturated carbocycles. The van der Waals surface area contributed by atoms with Crippen molar-refractivity contribution in [2.75, 3.05) is 0 Å². The average molecular weight is 160 g/mol. The minimum Gasteiger partial charge on any atom is -0.0620 e. The lowest BCUT2D eigenvalue weighted by Gasteiger charge is -2.09. The number of hydrogen-bond donors (Lipinski definition) is 0. The summed E-state index contributed by atoms with van der Waals surface area (Å²) in [5.41, 5.74) is 5.51. The highest BCUT2D eigenvalue weighted by atomic mass is 14.1. The van der Waals surface area contributed by atoms with Gasteiger partial charge in [-0.3, -0.25) is 0 Å². The summed E-state index contributed by atoms with van der Waals surface area (Å²) in [6.07, 6.45) is 8.49. The zero-order valence-corrected chi connectivity index (χ0v) is 8.31. The van der Waals surface area contributed by atoms with E-state index < -0.39 is 0 Å². The predicted octanol–water partition coefficient (Wildman–Crippen LogP) is 3.79. The SMILES string of the molecule is CC1=C(C)/C(C)=C(C)\C=C/C=C1. The highest BCUT2D eigenvalue weighted by molar-refractivity contribution is 5.44. The first-order valence-electron chi connectivity index (χ1n) is 4.33. The van der Waals surface area contributed by atoms with Crippen molar-refractivity contribution in [2.45, 2.75) is 27.7 Å². The maximum Gasteiger partial charge on any atom is -0.0392 e. The van der Waals surface area contributed by atoms with Crippen LogP contribution >= 0.6 is 0 Å². The second-order valence-corrected chi connectivity index (χ2v) is 3.33. The third kappa shape index (κ3) is 1.76. The molecule has 1 aliphatic rings. The van der Waals surface area contributed by atoms with Crippen molar-refractivity contribution in [1.82, 2.24) is 0 Å². The number of allylic oxidation sites excluding steroid dienone is 8.